The maximum atomic E-state index is 8.49. The highest BCUT2D eigenvalue weighted by Gasteiger charge is 1.91. The zero-order chi connectivity index (χ0) is 10.1. The van der Waals surface area contributed by atoms with Crippen molar-refractivity contribution in [3.8, 4) is 0 Å². The normalized spacial score (nSPS) is 8.62. The Hall–Kier alpha value is -1.16. The van der Waals surface area contributed by atoms with E-state index in [2.05, 4.69) is 15.3 Å². The quantitative estimate of drug-likeness (QED) is 0.739. The van der Waals surface area contributed by atoms with Gasteiger partial charge < -0.3 is 10.4 Å². The molecule has 2 N–H and O–H groups in total. The summed E-state index contributed by atoms with van der Waals surface area (Å²) in [4.78, 5) is 7.88. The van der Waals surface area contributed by atoms with Crippen LogP contribution in [0.4, 0.5) is 5.82 Å². The average Bonchev–Trinajstić information content (AvgIpc) is 2.18. The van der Waals surface area contributed by atoms with E-state index in [0.29, 0.717) is 6.54 Å². The third-order valence-corrected chi connectivity index (χ3v) is 1.22. The Morgan fingerprint density at radius 2 is 2.08 bits per heavy atom. The van der Waals surface area contributed by atoms with Crippen LogP contribution in [0, 0.1) is 6.92 Å². The zero-order valence-electron chi connectivity index (χ0n) is 8.41. The Morgan fingerprint density at radius 3 is 2.62 bits per heavy atom. The molecule has 13 heavy (non-hydrogen) atoms. The molecule has 0 aromatic carbocycles. The molecule has 0 saturated carbocycles. The molecule has 0 atom stereocenters. The number of aliphatic hydroxyl groups excluding tert-OH is 1. The van der Waals surface area contributed by atoms with Crippen LogP contribution in [0.1, 0.15) is 19.5 Å². The summed E-state index contributed by atoms with van der Waals surface area (Å²) in [6, 6.07) is 1.83. The van der Waals surface area contributed by atoms with Gasteiger partial charge in [0.2, 0.25) is 0 Å². The van der Waals surface area contributed by atoms with Crippen LogP contribution in [0.15, 0.2) is 12.4 Å². The molecule has 0 spiro atoms. The van der Waals surface area contributed by atoms with E-state index < -0.39 is 0 Å². The molecule has 0 aliphatic rings. The van der Waals surface area contributed by atoms with E-state index in [1.165, 1.54) is 6.33 Å². The number of hydrogen-bond acceptors (Lipinski definition) is 4. The standard InChI is InChI=1S/C7H11N3O.C2H6/c1-6-4-7(8-2-3-11)10-5-9-6;1-2/h4-5,11H,2-3H2,1H3,(H,8,9,10);1-2H3. The Kier molecular flexibility index (Phi) is 6.82. The van der Waals surface area contributed by atoms with Crippen LogP contribution in [-0.2, 0) is 0 Å². The summed E-state index contributed by atoms with van der Waals surface area (Å²) in [5.41, 5.74) is 0.917. The second-order valence-electron chi connectivity index (χ2n) is 2.20. The number of anilines is 1. The van der Waals surface area contributed by atoms with E-state index >= 15 is 0 Å². The van der Waals surface area contributed by atoms with Gasteiger partial charge in [-0.3, -0.25) is 0 Å². The number of nitrogens with one attached hydrogen (secondary N) is 1. The van der Waals surface area contributed by atoms with Crippen molar-refractivity contribution >= 4 is 5.82 Å². The Morgan fingerprint density at radius 1 is 1.38 bits per heavy atom. The van der Waals surface area contributed by atoms with Crippen LogP contribution in [0.2, 0.25) is 0 Å². The van der Waals surface area contributed by atoms with Crippen molar-refractivity contribution in [3.05, 3.63) is 18.1 Å². The molecule has 1 heterocycles. The monoisotopic (exact) mass is 183 g/mol. The first-order valence-electron chi connectivity index (χ1n) is 4.46. The number of rotatable bonds is 3. The summed E-state index contributed by atoms with van der Waals surface area (Å²) in [7, 11) is 0. The highest BCUT2D eigenvalue weighted by atomic mass is 16.3. The highest BCUT2D eigenvalue weighted by Crippen LogP contribution is 2.00. The van der Waals surface area contributed by atoms with Crippen molar-refractivity contribution in [2.75, 3.05) is 18.5 Å². The molecule has 0 aliphatic heterocycles. The number of aromatic nitrogens is 2. The molecule has 0 saturated heterocycles. The van der Waals surface area contributed by atoms with Gasteiger partial charge in [0, 0.05) is 18.3 Å². The molecule has 74 valence electrons. The molecule has 0 radical (unpaired) electrons. The number of aryl methyl sites for hydroxylation is 1. The van der Waals surface area contributed by atoms with E-state index in [0.717, 1.165) is 11.5 Å². The lowest BCUT2D eigenvalue weighted by Gasteiger charge is -2.01. The average molecular weight is 183 g/mol. The molecule has 4 heteroatoms. The zero-order valence-corrected chi connectivity index (χ0v) is 8.41. The van der Waals surface area contributed by atoms with Gasteiger partial charge in [0.1, 0.15) is 12.1 Å². The van der Waals surface area contributed by atoms with E-state index in [-0.39, 0.29) is 6.61 Å². The van der Waals surface area contributed by atoms with Gasteiger partial charge >= 0.3 is 0 Å². The summed E-state index contributed by atoms with van der Waals surface area (Å²) in [5.74, 6) is 0.756. The van der Waals surface area contributed by atoms with Gasteiger partial charge in [0.05, 0.1) is 6.61 Å². The minimum Gasteiger partial charge on any atom is -0.395 e. The lowest BCUT2D eigenvalue weighted by atomic mass is 10.4. The SMILES string of the molecule is CC.Cc1cc(NCCO)ncn1. The lowest BCUT2D eigenvalue weighted by Crippen LogP contribution is -2.07. The summed E-state index contributed by atoms with van der Waals surface area (Å²) in [6.07, 6.45) is 1.50. The van der Waals surface area contributed by atoms with Gasteiger partial charge in [-0.1, -0.05) is 13.8 Å². The van der Waals surface area contributed by atoms with Crippen molar-refractivity contribution in [3.63, 3.8) is 0 Å². The second-order valence-corrected chi connectivity index (χ2v) is 2.20. The molecular weight excluding hydrogens is 166 g/mol. The van der Waals surface area contributed by atoms with Crippen LogP contribution in [0.25, 0.3) is 0 Å². The first-order chi connectivity index (χ1) is 6.33. The molecule has 4 nitrogen and oxygen atoms in total. The maximum Gasteiger partial charge on any atom is 0.129 e. The fourth-order valence-corrected chi connectivity index (χ4v) is 0.735. The van der Waals surface area contributed by atoms with Gasteiger partial charge in [-0.25, -0.2) is 9.97 Å². The largest absolute Gasteiger partial charge is 0.395 e. The molecule has 0 amide bonds. The minimum atomic E-state index is 0.114. The van der Waals surface area contributed by atoms with E-state index in [4.69, 9.17) is 5.11 Å². The van der Waals surface area contributed by atoms with Crippen LogP contribution < -0.4 is 5.32 Å². The maximum absolute atomic E-state index is 8.49. The number of aliphatic hydroxyl groups is 1. The summed E-state index contributed by atoms with van der Waals surface area (Å²) in [6.45, 7) is 6.53. The first kappa shape index (κ1) is 11.8. The molecule has 1 aromatic heterocycles. The molecule has 0 fully saturated rings. The number of hydrogen-bond donors (Lipinski definition) is 2. The smallest absolute Gasteiger partial charge is 0.129 e. The van der Waals surface area contributed by atoms with Crippen LogP contribution >= 0.6 is 0 Å². The minimum absolute atomic E-state index is 0.114. The van der Waals surface area contributed by atoms with E-state index in [1.54, 1.807) is 0 Å². The Bertz CT molecular complexity index is 228. The molecule has 0 aliphatic carbocycles. The lowest BCUT2D eigenvalue weighted by molar-refractivity contribution is 0.311. The Labute approximate surface area is 79.0 Å². The second kappa shape index (κ2) is 7.49. The van der Waals surface area contributed by atoms with Crippen molar-refractivity contribution in [2.45, 2.75) is 20.8 Å². The Balaban J connectivity index is 0.000000671. The fraction of sp³-hybridized carbons (Fsp3) is 0.556. The van der Waals surface area contributed by atoms with Gasteiger partial charge in [-0.05, 0) is 6.92 Å². The van der Waals surface area contributed by atoms with Crippen LogP contribution in [0.3, 0.4) is 0 Å². The first-order valence-corrected chi connectivity index (χ1v) is 4.46. The van der Waals surface area contributed by atoms with Crippen molar-refractivity contribution in [2.24, 2.45) is 0 Å². The molecule has 1 aromatic rings. The fourth-order valence-electron chi connectivity index (χ4n) is 0.735. The predicted octanol–water partition coefficient (Wildman–Crippen LogP) is 1.22. The van der Waals surface area contributed by atoms with Crippen molar-refractivity contribution in [1.29, 1.82) is 0 Å². The van der Waals surface area contributed by atoms with Gasteiger partial charge in [0.15, 0.2) is 0 Å². The van der Waals surface area contributed by atoms with Gasteiger partial charge in [0.25, 0.3) is 0 Å². The summed E-state index contributed by atoms with van der Waals surface area (Å²) in [5, 5.41) is 11.4. The predicted molar refractivity (Wildman–Crippen MR) is 53.7 cm³/mol. The molecule has 1 rings (SSSR count). The topological polar surface area (TPSA) is 58.0 Å². The van der Waals surface area contributed by atoms with Gasteiger partial charge in [-0.2, -0.15) is 0 Å². The summed E-state index contributed by atoms with van der Waals surface area (Å²) < 4.78 is 0. The van der Waals surface area contributed by atoms with E-state index in [9.17, 15) is 0 Å². The van der Waals surface area contributed by atoms with Gasteiger partial charge in [-0.15, -0.1) is 0 Å². The molecule has 0 unspecified atom stereocenters. The van der Waals surface area contributed by atoms with Crippen molar-refractivity contribution < 1.29 is 5.11 Å². The molecular formula is C9H17N3O. The van der Waals surface area contributed by atoms with Crippen LogP contribution in [0.5, 0.6) is 0 Å². The van der Waals surface area contributed by atoms with Crippen molar-refractivity contribution in [1.82, 2.24) is 9.97 Å². The van der Waals surface area contributed by atoms with E-state index in [1.807, 2.05) is 26.8 Å². The van der Waals surface area contributed by atoms with Crippen LogP contribution in [-0.4, -0.2) is 28.2 Å². The highest BCUT2D eigenvalue weighted by molar-refractivity contribution is 5.33. The summed E-state index contributed by atoms with van der Waals surface area (Å²) >= 11 is 0. The number of nitrogens with zero attached hydrogens (tertiary/aromatic N) is 2. The molecule has 0 bridgehead atoms. The third kappa shape index (κ3) is 5.14. The third-order valence-electron chi connectivity index (χ3n) is 1.22.